The molecule has 3 atom stereocenters. The second-order valence-electron chi connectivity index (χ2n) is 5.26. The van der Waals surface area contributed by atoms with Gasteiger partial charge in [0.1, 0.15) is 0 Å². The van der Waals surface area contributed by atoms with Crippen LogP contribution in [0.25, 0.3) is 0 Å². The Morgan fingerprint density at radius 1 is 1.29 bits per heavy atom. The topological polar surface area (TPSA) is 32.3 Å². The van der Waals surface area contributed by atoms with Crippen molar-refractivity contribution in [3.63, 3.8) is 0 Å². The van der Waals surface area contributed by atoms with Gasteiger partial charge in [-0.1, -0.05) is 36.8 Å². The SMILES string of the molecule is CC(Cc1ccccc1)NCC1CCCC1O. The maximum absolute atomic E-state index is 9.75. The third-order valence-electron chi connectivity index (χ3n) is 3.73. The van der Waals surface area contributed by atoms with Gasteiger partial charge in [-0.15, -0.1) is 0 Å². The molecule has 2 rings (SSSR count). The van der Waals surface area contributed by atoms with Gasteiger partial charge in [0.05, 0.1) is 6.10 Å². The van der Waals surface area contributed by atoms with E-state index in [4.69, 9.17) is 0 Å². The summed E-state index contributed by atoms with van der Waals surface area (Å²) in [5, 5.41) is 13.3. The quantitative estimate of drug-likeness (QED) is 0.818. The molecule has 3 unspecified atom stereocenters. The highest BCUT2D eigenvalue weighted by Gasteiger charge is 2.24. The molecule has 0 saturated heterocycles. The van der Waals surface area contributed by atoms with Crippen molar-refractivity contribution >= 4 is 0 Å². The molecule has 1 aromatic carbocycles. The monoisotopic (exact) mass is 233 g/mol. The van der Waals surface area contributed by atoms with Crippen LogP contribution in [0.15, 0.2) is 30.3 Å². The molecule has 94 valence electrons. The van der Waals surface area contributed by atoms with E-state index in [1.165, 1.54) is 18.4 Å². The lowest BCUT2D eigenvalue weighted by molar-refractivity contribution is 0.130. The Morgan fingerprint density at radius 3 is 2.71 bits per heavy atom. The second kappa shape index (κ2) is 6.18. The molecule has 17 heavy (non-hydrogen) atoms. The van der Waals surface area contributed by atoms with Crippen molar-refractivity contribution in [3.05, 3.63) is 35.9 Å². The molecule has 0 aromatic heterocycles. The molecule has 1 fully saturated rings. The average molecular weight is 233 g/mol. The Bertz CT molecular complexity index is 325. The molecular formula is C15H23NO. The molecule has 0 aliphatic heterocycles. The van der Waals surface area contributed by atoms with Gasteiger partial charge < -0.3 is 10.4 Å². The summed E-state index contributed by atoms with van der Waals surface area (Å²) in [4.78, 5) is 0. The van der Waals surface area contributed by atoms with Crippen molar-refractivity contribution in [1.82, 2.24) is 5.32 Å². The number of hydrogen-bond acceptors (Lipinski definition) is 2. The van der Waals surface area contributed by atoms with E-state index in [1.807, 2.05) is 0 Å². The van der Waals surface area contributed by atoms with Crippen LogP contribution in [-0.2, 0) is 6.42 Å². The number of aliphatic hydroxyl groups is 1. The lowest BCUT2D eigenvalue weighted by Crippen LogP contribution is -2.35. The lowest BCUT2D eigenvalue weighted by Gasteiger charge is -2.19. The molecule has 0 radical (unpaired) electrons. The fraction of sp³-hybridized carbons (Fsp3) is 0.600. The number of rotatable bonds is 5. The van der Waals surface area contributed by atoms with E-state index in [-0.39, 0.29) is 6.10 Å². The van der Waals surface area contributed by atoms with Gasteiger partial charge in [-0.25, -0.2) is 0 Å². The van der Waals surface area contributed by atoms with Gasteiger partial charge in [-0.05, 0) is 37.7 Å². The van der Waals surface area contributed by atoms with Crippen molar-refractivity contribution in [3.8, 4) is 0 Å². The molecule has 1 aromatic rings. The molecule has 0 heterocycles. The van der Waals surface area contributed by atoms with E-state index in [0.717, 1.165) is 19.4 Å². The van der Waals surface area contributed by atoms with Crippen molar-refractivity contribution in [2.24, 2.45) is 5.92 Å². The van der Waals surface area contributed by atoms with Crippen molar-refractivity contribution in [1.29, 1.82) is 0 Å². The van der Waals surface area contributed by atoms with Gasteiger partial charge in [0.15, 0.2) is 0 Å². The van der Waals surface area contributed by atoms with Gasteiger partial charge in [0, 0.05) is 12.6 Å². The summed E-state index contributed by atoms with van der Waals surface area (Å²) in [5.74, 6) is 0.466. The van der Waals surface area contributed by atoms with Crippen molar-refractivity contribution in [2.45, 2.75) is 44.8 Å². The molecule has 2 N–H and O–H groups in total. The van der Waals surface area contributed by atoms with Crippen LogP contribution in [-0.4, -0.2) is 23.8 Å². The lowest BCUT2D eigenvalue weighted by atomic mass is 10.0. The first kappa shape index (κ1) is 12.6. The first-order chi connectivity index (χ1) is 8.25. The van der Waals surface area contributed by atoms with Crippen molar-refractivity contribution in [2.75, 3.05) is 6.54 Å². The Hall–Kier alpha value is -0.860. The minimum atomic E-state index is -0.0774. The Labute approximate surface area is 104 Å². The standard InChI is InChI=1S/C15H23NO/c1-12(10-13-6-3-2-4-7-13)16-11-14-8-5-9-15(14)17/h2-4,6-7,12,14-17H,5,8-11H2,1H3. The summed E-state index contributed by atoms with van der Waals surface area (Å²) in [7, 11) is 0. The molecule has 0 bridgehead atoms. The average Bonchev–Trinajstić information content (AvgIpc) is 2.74. The van der Waals surface area contributed by atoms with Gasteiger partial charge in [0.2, 0.25) is 0 Å². The summed E-state index contributed by atoms with van der Waals surface area (Å²) in [6.07, 6.45) is 4.32. The fourth-order valence-corrected chi connectivity index (χ4v) is 2.65. The largest absolute Gasteiger partial charge is 0.393 e. The summed E-state index contributed by atoms with van der Waals surface area (Å²) in [5.41, 5.74) is 1.37. The van der Waals surface area contributed by atoms with Crippen LogP contribution in [0.1, 0.15) is 31.7 Å². The molecule has 1 aliphatic carbocycles. The Morgan fingerprint density at radius 2 is 2.06 bits per heavy atom. The molecule has 0 amide bonds. The zero-order valence-corrected chi connectivity index (χ0v) is 10.6. The third-order valence-corrected chi connectivity index (χ3v) is 3.73. The van der Waals surface area contributed by atoms with E-state index in [2.05, 4.69) is 42.6 Å². The van der Waals surface area contributed by atoms with E-state index in [9.17, 15) is 5.11 Å². The first-order valence-corrected chi connectivity index (χ1v) is 6.71. The highest BCUT2D eigenvalue weighted by Crippen LogP contribution is 2.24. The molecule has 0 spiro atoms. The molecule has 2 nitrogen and oxygen atoms in total. The smallest absolute Gasteiger partial charge is 0.0580 e. The minimum Gasteiger partial charge on any atom is -0.393 e. The molecule has 1 saturated carbocycles. The normalized spacial score (nSPS) is 26.0. The van der Waals surface area contributed by atoms with Crippen LogP contribution in [0.4, 0.5) is 0 Å². The van der Waals surface area contributed by atoms with Crippen molar-refractivity contribution < 1.29 is 5.11 Å². The predicted molar refractivity (Wildman–Crippen MR) is 71.0 cm³/mol. The third kappa shape index (κ3) is 3.83. The van der Waals surface area contributed by atoms with Gasteiger partial charge in [-0.2, -0.15) is 0 Å². The van der Waals surface area contributed by atoms with Crippen LogP contribution in [0.3, 0.4) is 0 Å². The zero-order valence-electron chi connectivity index (χ0n) is 10.6. The van der Waals surface area contributed by atoms with Crippen LogP contribution < -0.4 is 5.32 Å². The minimum absolute atomic E-state index is 0.0774. The molecule has 1 aliphatic rings. The summed E-state index contributed by atoms with van der Waals surface area (Å²) < 4.78 is 0. The predicted octanol–water partition coefficient (Wildman–Crippen LogP) is 2.37. The molecular weight excluding hydrogens is 210 g/mol. The first-order valence-electron chi connectivity index (χ1n) is 6.71. The van der Waals surface area contributed by atoms with Crippen LogP contribution in [0.2, 0.25) is 0 Å². The number of benzene rings is 1. The Kier molecular flexibility index (Phi) is 4.57. The van der Waals surface area contributed by atoms with E-state index in [0.29, 0.717) is 12.0 Å². The van der Waals surface area contributed by atoms with Crippen LogP contribution in [0.5, 0.6) is 0 Å². The number of nitrogens with one attached hydrogen (secondary N) is 1. The summed E-state index contributed by atoms with van der Waals surface area (Å²) >= 11 is 0. The van der Waals surface area contributed by atoms with E-state index in [1.54, 1.807) is 0 Å². The second-order valence-corrected chi connectivity index (χ2v) is 5.26. The van der Waals surface area contributed by atoms with Crippen LogP contribution >= 0.6 is 0 Å². The highest BCUT2D eigenvalue weighted by atomic mass is 16.3. The number of aliphatic hydroxyl groups excluding tert-OH is 1. The summed E-state index contributed by atoms with van der Waals surface area (Å²) in [6.45, 7) is 3.17. The maximum atomic E-state index is 9.75. The maximum Gasteiger partial charge on any atom is 0.0580 e. The fourth-order valence-electron chi connectivity index (χ4n) is 2.65. The highest BCUT2D eigenvalue weighted by molar-refractivity contribution is 5.15. The summed E-state index contributed by atoms with van der Waals surface area (Å²) in [6, 6.07) is 11.0. The van der Waals surface area contributed by atoms with E-state index >= 15 is 0 Å². The zero-order chi connectivity index (χ0) is 12.1. The van der Waals surface area contributed by atoms with Gasteiger partial charge >= 0.3 is 0 Å². The van der Waals surface area contributed by atoms with E-state index < -0.39 is 0 Å². The molecule has 2 heteroatoms. The van der Waals surface area contributed by atoms with Gasteiger partial charge in [-0.3, -0.25) is 0 Å². The van der Waals surface area contributed by atoms with Crippen LogP contribution in [0, 0.1) is 5.92 Å². The van der Waals surface area contributed by atoms with Gasteiger partial charge in [0.25, 0.3) is 0 Å². The number of hydrogen-bond donors (Lipinski definition) is 2. The Balaban J connectivity index is 1.72.